The lowest BCUT2D eigenvalue weighted by Crippen LogP contribution is -2.37. The molecule has 0 aliphatic carbocycles. The van der Waals surface area contributed by atoms with E-state index in [1.54, 1.807) is 11.0 Å². The number of anilines is 1. The largest absolute Gasteiger partial charge is 0.448 e. The number of benzene rings is 2. The Bertz CT molecular complexity index is 1250. The quantitative estimate of drug-likeness (QED) is 0.544. The molecule has 0 saturated heterocycles. The summed E-state index contributed by atoms with van der Waals surface area (Å²) in [5, 5.41) is 0.790. The van der Waals surface area contributed by atoms with Crippen molar-refractivity contribution in [3.8, 4) is 0 Å². The molecule has 0 aliphatic rings. The Morgan fingerprint density at radius 1 is 1.18 bits per heavy atom. The number of hydrogen-bond acceptors (Lipinski definition) is 4. The first-order valence-corrected chi connectivity index (χ1v) is 9.24. The lowest BCUT2D eigenvalue weighted by molar-refractivity contribution is -0.119. The first-order chi connectivity index (χ1) is 13.5. The van der Waals surface area contributed by atoms with Gasteiger partial charge in [-0.2, -0.15) is 0 Å². The molecule has 0 bridgehead atoms. The zero-order valence-corrected chi connectivity index (χ0v) is 16.1. The smallest absolute Gasteiger partial charge is 0.297 e. The normalized spacial score (nSPS) is 11.2. The van der Waals surface area contributed by atoms with Crippen LogP contribution >= 0.6 is 0 Å². The summed E-state index contributed by atoms with van der Waals surface area (Å²) in [6, 6.07) is 13.4. The fourth-order valence-electron chi connectivity index (χ4n) is 3.45. The zero-order chi connectivity index (χ0) is 19.8. The van der Waals surface area contributed by atoms with Gasteiger partial charge in [-0.05, 0) is 50.1 Å². The first kappa shape index (κ1) is 18.0. The minimum absolute atomic E-state index is 0.0972. The third kappa shape index (κ3) is 2.97. The lowest BCUT2D eigenvalue weighted by Gasteiger charge is -2.23. The van der Waals surface area contributed by atoms with E-state index >= 15 is 0 Å². The van der Waals surface area contributed by atoms with Crippen LogP contribution in [-0.2, 0) is 11.3 Å². The third-order valence-electron chi connectivity index (χ3n) is 4.93. The average Bonchev–Trinajstić information content (AvgIpc) is 3.07. The van der Waals surface area contributed by atoms with Gasteiger partial charge in [-0.3, -0.25) is 14.2 Å². The van der Waals surface area contributed by atoms with Gasteiger partial charge in [0.15, 0.2) is 0 Å². The molecule has 0 aliphatic heterocycles. The zero-order valence-electron chi connectivity index (χ0n) is 16.1. The van der Waals surface area contributed by atoms with Crippen molar-refractivity contribution in [1.29, 1.82) is 0 Å². The number of aryl methyl sites for hydroxylation is 2. The van der Waals surface area contributed by atoms with Crippen molar-refractivity contribution in [2.45, 2.75) is 27.3 Å². The van der Waals surface area contributed by atoms with Crippen molar-refractivity contribution >= 4 is 33.7 Å². The second-order valence-corrected chi connectivity index (χ2v) is 6.88. The van der Waals surface area contributed by atoms with Gasteiger partial charge in [0.25, 0.3) is 5.56 Å². The second kappa shape index (κ2) is 6.96. The molecule has 142 valence electrons. The van der Waals surface area contributed by atoms with Crippen LogP contribution < -0.4 is 10.5 Å². The number of carbonyl (C=O) groups excluding carboxylic acids is 1. The Morgan fingerprint density at radius 2 is 1.96 bits per heavy atom. The molecule has 0 atom stereocenters. The Kier molecular flexibility index (Phi) is 4.47. The molecule has 0 radical (unpaired) electrons. The summed E-state index contributed by atoms with van der Waals surface area (Å²) >= 11 is 0. The van der Waals surface area contributed by atoms with Crippen molar-refractivity contribution in [1.82, 2.24) is 9.55 Å². The van der Waals surface area contributed by atoms with E-state index in [-0.39, 0.29) is 23.6 Å². The molecule has 1 amide bonds. The molecule has 0 N–H and O–H groups in total. The number of rotatable bonds is 4. The van der Waals surface area contributed by atoms with Gasteiger partial charge in [0, 0.05) is 17.6 Å². The highest BCUT2D eigenvalue weighted by molar-refractivity contribution is 6.02. The van der Waals surface area contributed by atoms with Gasteiger partial charge in [-0.1, -0.05) is 24.3 Å². The predicted octanol–water partition coefficient (Wildman–Crippen LogP) is 3.81. The number of carbonyl (C=O) groups is 1. The molecule has 2 aromatic carbocycles. The standard InChI is InChI=1S/C22H21N3O3/c1-4-25(17-11-14(2)9-10-15(17)3)19(26)12-24-13-23-20-16-7-5-6-8-18(16)28-21(20)22(24)27/h5-11,13H,4,12H2,1-3H3. The Hall–Kier alpha value is -3.41. The first-order valence-electron chi connectivity index (χ1n) is 9.24. The second-order valence-electron chi connectivity index (χ2n) is 6.88. The van der Waals surface area contributed by atoms with E-state index in [1.807, 2.05) is 57.2 Å². The number of aromatic nitrogens is 2. The third-order valence-corrected chi connectivity index (χ3v) is 4.93. The van der Waals surface area contributed by atoms with Crippen molar-refractivity contribution in [2.24, 2.45) is 0 Å². The van der Waals surface area contributed by atoms with Crippen LogP contribution in [0.2, 0.25) is 0 Å². The molecule has 0 unspecified atom stereocenters. The van der Waals surface area contributed by atoms with Crippen molar-refractivity contribution in [3.05, 3.63) is 70.3 Å². The molecular formula is C22H21N3O3. The SMILES string of the molecule is CCN(C(=O)Cn1cnc2c(oc3ccccc32)c1=O)c1cc(C)ccc1C. The molecule has 6 heteroatoms. The van der Waals surface area contributed by atoms with Crippen LogP contribution in [-0.4, -0.2) is 22.0 Å². The van der Waals surface area contributed by atoms with E-state index in [0.717, 1.165) is 22.2 Å². The molecule has 2 heterocycles. The van der Waals surface area contributed by atoms with Crippen LogP contribution in [0, 0.1) is 13.8 Å². The van der Waals surface area contributed by atoms with Gasteiger partial charge in [0.2, 0.25) is 11.5 Å². The fourth-order valence-corrected chi connectivity index (χ4v) is 3.45. The number of fused-ring (bicyclic) bond motifs is 3. The number of para-hydroxylation sites is 1. The molecule has 4 rings (SSSR count). The molecule has 0 spiro atoms. The van der Waals surface area contributed by atoms with E-state index < -0.39 is 0 Å². The van der Waals surface area contributed by atoms with Gasteiger partial charge < -0.3 is 9.32 Å². The molecule has 0 saturated carbocycles. The summed E-state index contributed by atoms with van der Waals surface area (Å²) in [6.07, 6.45) is 1.42. The Morgan fingerprint density at radius 3 is 2.75 bits per heavy atom. The van der Waals surface area contributed by atoms with Crippen LogP contribution in [0.4, 0.5) is 5.69 Å². The topological polar surface area (TPSA) is 68.3 Å². The maximum absolute atomic E-state index is 13.0. The molecule has 28 heavy (non-hydrogen) atoms. The van der Waals surface area contributed by atoms with Crippen molar-refractivity contribution < 1.29 is 9.21 Å². The van der Waals surface area contributed by atoms with Gasteiger partial charge >= 0.3 is 0 Å². The van der Waals surface area contributed by atoms with Crippen LogP contribution in [0.1, 0.15) is 18.1 Å². The molecular weight excluding hydrogens is 354 g/mol. The number of furan rings is 1. The van der Waals surface area contributed by atoms with Crippen LogP contribution in [0.15, 0.2) is 58.0 Å². The van der Waals surface area contributed by atoms with E-state index in [0.29, 0.717) is 17.6 Å². The van der Waals surface area contributed by atoms with E-state index in [9.17, 15) is 9.59 Å². The predicted molar refractivity (Wildman–Crippen MR) is 110 cm³/mol. The van der Waals surface area contributed by atoms with Crippen LogP contribution in [0.25, 0.3) is 22.1 Å². The highest BCUT2D eigenvalue weighted by Gasteiger charge is 2.19. The minimum atomic E-state index is -0.355. The summed E-state index contributed by atoms with van der Waals surface area (Å²) in [4.78, 5) is 31.9. The summed E-state index contributed by atoms with van der Waals surface area (Å²) in [7, 11) is 0. The van der Waals surface area contributed by atoms with Crippen molar-refractivity contribution in [3.63, 3.8) is 0 Å². The van der Waals surface area contributed by atoms with Crippen molar-refractivity contribution in [2.75, 3.05) is 11.4 Å². The maximum Gasteiger partial charge on any atom is 0.297 e. The molecule has 0 fully saturated rings. The number of amides is 1. The van der Waals surface area contributed by atoms with Crippen LogP contribution in [0.3, 0.4) is 0 Å². The Balaban J connectivity index is 1.71. The average molecular weight is 375 g/mol. The number of nitrogens with zero attached hydrogens (tertiary/aromatic N) is 3. The molecule has 6 nitrogen and oxygen atoms in total. The number of likely N-dealkylation sites (N-methyl/N-ethyl adjacent to an activating group) is 1. The maximum atomic E-state index is 13.0. The van der Waals surface area contributed by atoms with E-state index in [2.05, 4.69) is 4.98 Å². The summed E-state index contributed by atoms with van der Waals surface area (Å²) in [5.41, 5.74) is 3.90. The molecule has 2 aromatic heterocycles. The summed E-state index contributed by atoms with van der Waals surface area (Å²) in [6.45, 7) is 6.30. The molecule has 4 aromatic rings. The van der Waals surface area contributed by atoms with Gasteiger partial charge in [0.1, 0.15) is 17.6 Å². The minimum Gasteiger partial charge on any atom is -0.448 e. The van der Waals surface area contributed by atoms with E-state index in [4.69, 9.17) is 4.42 Å². The van der Waals surface area contributed by atoms with Gasteiger partial charge in [-0.15, -0.1) is 0 Å². The lowest BCUT2D eigenvalue weighted by atomic mass is 10.1. The fraction of sp³-hybridized carbons (Fsp3) is 0.227. The summed E-state index contributed by atoms with van der Waals surface area (Å²) < 4.78 is 7.00. The Labute approximate surface area is 162 Å². The highest BCUT2D eigenvalue weighted by Crippen LogP contribution is 2.24. The summed E-state index contributed by atoms with van der Waals surface area (Å²) in [5.74, 6) is -0.171. The highest BCUT2D eigenvalue weighted by atomic mass is 16.3. The van der Waals surface area contributed by atoms with Gasteiger partial charge in [0.05, 0.1) is 6.33 Å². The van der Waals surface area contributed by atoms with Gasteiger partial charge in [-0.25, -0.2) is 4.98 Å². The number of hydrogen-bond donors (Lipinski definition) is 0. The monoisotopic (exact) mass is 375 g/mol. The van der Waals surface area contributed by atoms with Crippen LogP contribution in [0.5, 0.6) is 0 Å². The van der Waals surface area contributed by atoms with E-state index in [1.165, 1.54) is 10.9 Å².